The van der Waals surface area contributed by atoms with E-state index in [2.05, 4.69) is 0 Å². The summed E-state index contributed by atoms with van der Waals surface area (Å²) in [6.07, 6.45) is 6.95. The molecule has 2 N–H and O–H groups in total. The van der Waals surface area contributed by atoms with Crippen LogP contribution in [0.15, 0.2) is 24.3 Å². The van der Waals surface area contributed by atoms with E-state index >= 15 is 0 Å². The number of nitrogens with two attached hydrogens (primary N) is 1. The van der Waals surface area contributed by atoms with E-state index in [1.165, 1.54) is 25.7 Å². The zero-order chi connectivity index (χ0) is 13.7. The molecule has 0 radical (unpaired) electrons. The molecule has 1 fully saturated rings. The molecule has 0 aliphatic heterocycles. The second-order valence-corrected chi connectivity index (χ2v) is 5.33. The Labute approximate surface area is 115 Å². The van der Waals surface area contributed by atoms with E-state index in [4.69, 9.17) is 5.73 Å². The highest BCUT2D eigenvalue weighted by Gasteiger charge is 2.25. The first-order chi connectivity index (χ1) is 9.24. The van der Waals surface area contributed by atoms with Gasteiger partial charge in [0.15, 0.2) is 0 Å². The lowest BCUT2D eigenvalue weighted by Crippen LogP contribution is -2.36. The van der Waals surface area contributed by atoms with Crippen molar-refractivity contribution in [2.45, 2.75) is 45.4 Å². The number of anilines is 2. The van der Waals surface area contributed by atoms with Crippen LogP contribution in [0.4, 0.5) is 11.4 Å². The summed E-state index contributed by atoms with van der Waals surface area (Å²) in [6, 6.07) is 7.64. The van der Waals surface area contributed by atoms with Gasteiger partial charge >= 0.3 is 0 Å². The number of hydrogen-bond acceptors (Lipinski definition) is 2. The summed E-state index contributed by atoms with van der Waals surface area (Å²) in [5, 5.41) is 0. The molecule has 1 saturated carbocycles. The van der Waals surface area contributed by atoms with Crippen LogP contribution in [0.5, 0.6) is 0 Å². The SMILES string of the molecule is CCN(C(=O)C1CCCCCC1)c1ccccc1N. The van der Waals surface area contributed by atoms with Gasteiger partial charge in [0.1, 0.15) is 0 Å². The molecule has 0 aromatic heterocycles. The number of rotatable bonds is 3. The van der Waals surface area contributed by atoms with Gasteiger partial charge in [0, 0.05) is 12.5 Å². The summed E-state index contributed by atoms with van der Waals surface area (Å²) >= 11 is 0. The fourth-order valence-electron chi connectivity index (χ4n) is 2.92. The molecule has 1 aromatic rings. The Morgan fingerprint density at radius 1 is 1.21 bits per heavy atom. The van der Waals surface area contributed by atoms with Gasteiger partial charge in [0.05, 0.1) is 11.4 Å². The summed E-state index contributed by atoms with van der Waals surface area (Å²) in [5.74, 6) is 0.435. The third-order valence-electron chi connectivity index (χ3n) is 4.01. The molecule has 1 aromatic carbocycles. The number of nitrogens with zero attached hydrogens (tertiary/aromatic N) is 1. The van der Waals surface area contributed by atoms with Crippen LogP contribution in [0, 0.1) is 5.92 Å². The van der Waals surface area contributed by atoms with Crippen molar-refractivity contribution in [2.75, 3.05) is 17.2 Å². The first kappa shape index (κ1) is 13.9. The van der Waals surface area contributed by atoms with E-state index in [1.54, 1.807) is 0 Å². The second kappa shape index (κ2) is 6.60. The Kier molecular flexibility index (Phi) is 4.83. The van der Waals surface area contributed by atoms with Crippen molar-refractivity contribution in [2.24, 2.45) is 5.92 Å². The average molecular weight is 260 g/mol. The molecule has 3 heteroatoms. The molecule has 1 amide bonds. The van der Waals surface area contributed by atoms with E-state index in [0.29, 0.717) is 12.2 Å². The van der Waals surface area contributed by atoms with Crippen molar-refractivity contribution in [3.8, 4) is 0 Å². The van der Waals surface area contributed by atoms with Gasteiger partial charge in [-0.1, -0.05) is 37.8 Å². The molecule has 0 heterocycles. The van der Waals surface area contributed by atoms with E-state index < -0.39 is 0 Å². The quantitative estimate of drug-likeness (QED) is 0.667. The molecule has 19 heavy (non-hydrogen) atoms. The maximum atomic E-state index is 12.7. The number of benzene rings is 1. The molecule has 0 saturated heterocycles. The number of amides is 1. The molecule has 0 spiro atoms. The summed E-state index contributed by atoms with van der Waals surface area (Å²) in [7, 11) is 0. The summed E-state index contributed by atoms with van der Waals surface area (Å²) in [5.41, 5.74) is 7.55. The highest BCUT2D eigenvalue weighted by molar-refractivity contribution is 5.97. The number of nitrogen functional groups attached to an aromatic ring is 1. The lowest BCUT2D eigenvalue weighted by Gasteiger charge is -2.26. The van der Waals surface area contributed by atoms with Gasteiger partial charge in [0.25, 0.3) is 0 Å². The monoisotopic (exact) mass is 260 g/mol. The first-order valence-corrected chi connectivity index (χ1v) is 7.40. The predicted molar refractivity (Wildman–Crippen MR) is 80.1 cm³/mol. The number of para-hydroxylation sites is 2. The maximum absolute atomic E-state index is 12.7. The molecular formula is C16H24N2O. The zero-order valence-corrected chi connectivity index (χ0v) is 11.8. The van der Waals surface area contributed by atoms with Crippen LogP contribution < -0.4 is 10.6 Å². The minimum Gasteiger partial charge on any atom is -0.397 e. The molecule has 1 aliphatic carbocycles. The Balaban J connectivity index is 2.16. The van der Waals surface area contributed by atoms with Gasteiger partial charge in [-0.05, 0) is 31.9 Å². The molecule has 3 nitrogen and oxygen atoms in total. The molecular weight excluding hydrogens is 236 g/mol. The number of carbonyl (C=O) groups excluding carboxylic acids is 1. The van der Waals surface area contributed by atoms with Gasteiger partial charge in [0.2, 0.25) is 5.91 Å². The average Bonchev–Trinajstić information content (AvgIpc) is 2.70. The molecule has 0 atom stereocenters. The minimum absolute atomic E-state index is 0.182. The molecule has 0 bridgehead atoms. The number of carbonyl (C=O) groups is 1. The fraction of sp³-hybridized carbons (Fsp3) is 0.562. The highest BCUT2D eigenvalue weighted by Crippen LogP contribution is 2.29. The standard InChI is InChI=1S/C16H24N2O/c1-2-18(15-12-8-7-11-14(15)17)16(19)13-9-5-3-4-6-10-13/h7-8,11-13H,2-6,9-10,17H2,1H3. The summed E-state index contributed by atoms with van der Waals surface area (Å²) < 4.78 is 0. The van der Waals surface area contributed by atoms with Crippen LogP contribution in [0.2, 0.25) is 0 Å². The third-order valence-corrected chi connectivity index (χ3v) is 4.01. The van der Waals surface area contributed by atoms with E-state index in [0.717, 1.165) is 18.5 Å². The lowest BCUT2D eigenvalue weighted by molar-refractivity contribution is -0.122. The Bertz CT molecular complexity index is 423. The largest absolute Gasteiger partial charge is 0.397 e. The smallest absolute Gasteiger partial charge is 0.230 e. The predicted octanol–water partition coefficient (Wildman–Crippen LogP) is 3.59. The van der Waals surface area contributed by atoms with Crippen molar-refractivity contribution >= 4 is 17.3 Å². The van der Waals surface area contributed by atoms with Crippen LogP contribution in [-0.4, -0.2) is 12.5 Å². The van der Waals surface area contributed by atoms with Crippen molar-refractivity contribution in [1.82, 2.24) is 0 Å². The maximum Gasteiger partial charge on any atom is 0.230 e. The topological polar surface area (TPSA) is 46.3 Å². The highest BCUT2D eigenvalue weighted by atomic mass is 16.2. The van der Waals surface area contributed by atoms with Gasteiger partial charge in [-0.3, -0.25) is 4.79 Å². The van der Waals surface area contributed by atoms with E-state index in [1.807, 2.05) is 36.1 Å². The van der Waals surface area contributed by atoms with Gasteiger partial charge in [-0.25, -0.2) is 0 Å². The van der Waals surface area contributed by atoms with Crippen molar-refractivity contribution in [3.05, 3.63) is 24.3 Å². The minimum atomic E-state index is 0.182. The Morgan fingerprint density at radius 2 is 1.84 bits per heavy atom. The second-order valence-electron chi connectivity index (χ2n) is 5.33. The molecule has 104 valence electrons. The van der Waals surface area contributed by atoms with Crippen LogP contribution in [0.1, 0.15) is 45.4 Å². The Hall–Kier alpha value is -1.51. The van der Waals surface area contributed by atoms with Crippen LogP contribution in [-0.2, 0) is 4.79 Å². The normalized spacial score (nSPS) is 16.9. The van der Waals surface area contributed by atoms with Crippen molar-refractivity contribution in [1.29, 1.82) is 0 Å². The van der Waals surface area contributed by atoms with Crippen LogP contribution >= 0.6 is 0 Å². The zero-order valence-electron chi connectivity index (χ0n) is 11.8. The van der Waals surface area contributed by atoms with E-state index in [9.17, 15) is 4.79 Å². The van der Waals surface area contributed by atoms with Gasteiger partial charge in [-0.2, -0.15) is 0 Å². The third kappa shape index (κ3) is 3.28. The van der Waals surface area contributed by atoms with E-state index in [-0.39, 0.29) is 11.8 Å². The Morgan fingerprint density at radius 3 is 2.42 bits per heavy atom. The van der Waals surface area contributed by atoms with Crippen LogP contribution in [0.3, 0.4) is 0 Å². The molecule has 0 unspecified atom stereocenters. The lowest BCUT2D eigenvalue weighted by atomic mass is 9.98. The van der Waals surface area contributed by atoms with Gasteiger partial charge < -0.3 is 10.6 Å². The summed E-state index contributed by atoms with van der Waals surface area (Å²) in [4.78, 5) is 14.6. The summed E-state index contributed by atoms with van der Waals surface area (Å²) in [6.45, 7) is 2.70. The number of hydrogen-bond donors (Lipinski definition) is 1. The fourth-order valence-corrected chi connectivity index (χ4v) is 2.92. The molecule has 1 aliphatic rings. The first-order valence-electron chi connectivity index (χ1n) is 7.40. The van der Waals surface area contributed by atoms with Gasteiger partial charge in [-0.15, -0.1) is 0 Å². The van der Waals surface area contributed by atoms with Crippen molar-refractivity contribution < 1.29 is 4.79 Å². The van der Waals surface area contributed by atoms with Crippen LogP contribution in [0.25, 0.3) is 0 Å². The van der Waals surface area contributed by atoms with Crippen molar-refractivity contribution in [3.63, 3.8) is 0 Å². The molecule has 2 rings (SSSR count).